The molecular weight excluding hydrogens is 370 g/mol. The third-order valence-corrected chi connectivity index (χ3v) is 4.98. The summed E-state index contributed by atoms with van der Waals surface area (Å²) in [6.45, 7) is 7.45. The van der Waals surface area contributed by atoms with Crippen LogP contribution in [0.4, 0.5) is 14.5 Å². The van der Waals surface area contributed by atoms with E-state index in [1.807, 2.05) is 12.1 Å². The van der Waals surface area contributed by atoms with Crippen LogP contribution in [0.15, 0.2) is 47.4 Å². The summed E-state index contributed by atoms with van der Waals surface area (Å²) < 4.78 is 32.0. The molecular formula is C20H24F2N2O2S. The molecule has 2 aromatic carbocycles. The topological polar surface area (TPSA) is 41.6 Å². The zero-order chi connectivity index (χ0) is 19.6. The molecule has 0 unspecified atom stereocenters. The van der Waals surface area contributed by atoms with Crippen molar-refractivity contribution in [3.05, 3.63) is 54.1 Å². The summed E-state index contributed by atoms with van der Waals surface area (Å²) in [7, 11) is 0. The number of likely N-dealkylation sites (N-methyl/N-ethyl adjacent to an activating group) is 1. The molecule has 0 atom stereocenters. The molecule has 1 N–H and O–H groups in total. The van der Waals surface area contributed by atoms with Gasteiger partial charge in [-0.2, -0.15) is 0 Å². The van der Waals surface area contributed by atoms with Crippen molar-refractivity contribution in [2.45, 2.75) is 18.7 Å². The van der Waals surface area contributed by atoms with E-state index in [0.717, 1.165) is 43.5 Å². The summed E-state index contributed by atoms with van der Waals surface area (Å²) in [6.07, 6.45) is 0. The number of nitrogens with one attached hydrogen (secondary N) is 1. The van der Waals surface area contributed by atoms with E-state index in [4.69, 9.17) is 4.74 Å². The van der Waals surface area contributed by atoms with Gasteiger partial charge in [0, 0.05) is 11.4 Å². The number of hydrogen-bond donors (Lipinski definition) is 1. The molecule has 1 amide bonds. The molecule has 0 aromatic heterocycles. The second-order valence-corrected chi connectivity index (χ2v) is 6.83. The molecule has 0 aliphatic carbocycles. The van der Waals surface area contributed by atoms with Crippen molar-refractivity contribution >= 4 is 23.4 Å². The maximum absolute atomic E-state index is 13.2. The number of benzene rings is 2. The molecule has 7 heteroatoms. The van der Waals surface area contributed by atoms with Crippen molar-refractivity contribution < 1.29 is 18.3 Å². The number of carbonyl (C=O) groups is 1. The predicted octanol–water partition coefficient (Wildman–Crippen LogP) is 4.42. The minimum atomic E-state index is -0.924. The highest BCUT2D eigenvalue weighted by Gasteiger charge is 2.10. The van der Waals surface area contributed by atoms with Crippen molar-refractivity contribution in [2.75, 3.05) is 37.3 Å². The van der Waals surface area contributed by atoms with Crippen molar-refractivity contribution in [3.63, 3.8) is 0 Å². The normalized spacial score (nSPS) is 10.9. The Bertz CT molecular complexity index is 755. The molecule has 4 nitrogen and oxygen atoms in total. The summed E-state index contributed by atoms with van der Waals surface area (Å²) in [5, 5.41) is 2.81. The molecule has 0 saturated heterocycles. The Morgan fingerprint density at radius 2 is 1.85 bits per heavy atom. The lowest BCUT2D eigenvalue weighted by molar-refractivity contribution is -0.113. The first-order valence-electron chi connectivity index (χ1n) is 8.85. The first kappa shape index (κ1) is 21.2. The Morgan fingerprint density at radius 1 is 1.11 bits per heavy atom. The maximum Gasteiger partial charge on any atom is 0.234 e. The van der Waals surface area contributed by atoms with Crippen LogP contribution >= 0.6 is 11.8 Å². The zero-order valence-electron chi connectivity index (χ0n) is 15.5. The molecule has 0 aliphatic rings. The molecule has 27 heavy (non-hydrogen) atoms. The van der Waals surface area contributed by atoms with E-state index in [1.54, 1.807) is 12.1 Å². The fourth-order valence-electron chi connectivity index (χ4n) is 2.42. The summed E-state index contributed by atoms with van der Waals surface area (Å²) in [4.78, 5) is 14.9. The Balaban J connectivity index is 1.88. The average Bonchev–Trinajstić information content (AvgIpc) is 2.67. The van der Waals surface area contributed by atoms with Crippen molar-refractivity contribution in [3.8, 4) is 5.75 Å². The summed E-state index contributed by atoms with van der Waals surface area (Å²) in [5.41, 5.74) is 0.591. The van der Waals surface area contributed by atoms with Gasteiger partial charge in [0.15, 0.2) is 11.6 Å². The van der Waals surface area contributed by atoms with Crippen LogP contribution < -0.4 is 10.1 Å². The van der Waals surface area contributed by atoms with Gasteiger partial charge < -0.3 is 15.0 Å². The number of nitrogens with zero attached hydrogens (tertiary/aromatic N) is 1. The molecule has 146 valence electrons. The number of anilines is 1. The van der Waals surface area contributed by atoms with E-state index < -0.39 is 11.6 Å². The van der Waals surface area contributed by atoms with Crippen LogP contribution in [0.3, 0.4) is 0 Å². The first-order valence-corrected chi connectivity index (χ1v) is 9.84. The Labute approximate surface area is 162 Å². The van der Waals surface area contributed by atoms with Gasteiger partial charge in [-0.25, -0.2) is 8.78 Å². The second-order valence-electron chi connectivity index (χ2n) is 5.78. The van der Waals surface area contributed by atoms with Crippen molar-refractivity contribution in [2.24, 2.45) is 0 Å². The van der Waals surface area contributed by atoms with Crippen LogP contribution in [0.5, 0.6) is 5.75 Å². The summed E-state index contributed by atoms with van der Waals surface area (Å²) in [6, 6.07) is 10.8. The lowest BCUT2D eigenvalue weighted by Gasteiger charge is -2.19. The highest BCUT2D eigenvalue weighted by atomic mass is 32.2. The molecule has 0 spiro atoms. The van der Waals surface area contributed by atoms with Crippen LogP contribution in [-0.4, -0.2) is 42.8 Å². The largest absolute Gasteiger partial charge is 0.490 e. The molecule has 0 radical (unpaired) electrons. The Morgan fingerprint density at radius 3 is 2.56 bits per heavy atom. The highest BCUT2D eigenvalue weighted by molar-refractivity contribution is 8.00. The highest BCUT2D eigenvalue weighted by Crippen LogP contribution is 2.25. The van der Waals surface area contributed by atoms with Crippen LogP contribution in [0.1, 0.15) is 13.8 Å². The van der Waals surface area contributed by atoms with Gasteiger partial charge in [0.2, 0.25) is 5.91 Å². The van der Waals surface area contributed by atoms with E-state index in [0.29, 0.717) is 22.9 Å². The molecule has 0 saturated carbocycles. The van der Waals surface area contributed by atoms with E-state index in [9.17, 15) is 13.6 Å². The van der Waals surface area contributed by atoms with E-state index in [2.05, 4.69) is 24.1 Å². The zero-order valence-corrected chi connectivity index (χ0v) is 16.3. The number of ether oxygens (including phenoxy) is 1. The number of rotatable bonds is 10. The Hall–Kier alpha value is -2.12. The lowest BCUT2D eigenvalue weighted by Crippen LogP contribution is -2.28. The smallest absolute Gasteiger partial charge is 0.234 e. The fourth-order valence-corrected chi connectivity index (χ4v) is 3.14. The number of halogens is 2. The van der Waals surface area contributed by atoms with Gasteiger partial charge in [0.05, 0.1) is 11.4 Å². The van der Waals surface area contributed by atoms with Crippen LogP contribution in [0.25, 0.3) is 0 Å². The van der Waals surface area contributed by atoms with Crippen LogP contribution in [0, 0.1) is 11.6 Å². The van der Waals surface area contributed by atoms with E-state index >= 15 is 0 Å². The SMILES string of the molecule is CCN(CC)CCOc1ccccc1NC(=O)CSc1ccc(F)c(F)c1. The van der Waals surface area contributed by atoms with Crippen LogP contribution in [0.2, 0.25) is 0 Å². The number of amides is 1. The van der Waals surface area contributed by atoms with Crippen LogP contribution in [-0.2, 0) is 4.79 Å². The standard InChI is InChI=1S/C20H24F2N2O2S/c1-3-24(4-2)11-12-26-19-8-6-5-7-18(19)23-20(25)14-27-15-9-10-16(21)17(22)13-15/h5-10,13H,3-4,11-12,14H2,1-2H3,(H,23,25). The van der Waals surface area contributed by atoms with Gasteiger partial charge in [0.1, 0.15) is 12.4 Å². The van der Waals surface area contributed by atoms with Gasteiger partial charge in [-0.15, -0.1) is 11.8 Å². The average molecular weight is 394 g/mol. The molecule has 2 rings (SSSR count). The monoisotopic (exact) mass is 394 g/mol. The van der Waals surface area contributed by atoms with E-state index in [1.165, 1.54) is 6.07 Å². The second kappa shape index (κ2) is 10.9. The molecule has 0 fully saturated rings. The van der Waals surface area contributed by atoms with Gasteiger partial charge >= 0.3 is 0 Å². The maximum atomic E-state index is 13.2. The molecule has 0 bridgehead atoms. The van der Waals surface area contributed by atoms with E-state index in [-0.39, 0.29) is 11.7 Å². The number of hydrogen-bond acceptors (Lipinski definition) is 4. The minimum absolute atomic E-state index is 0.0822. The summed E-state index contributed by atoms with van der Waals surface area (Å²) in [5.74, 6) is -1.38. The minimum Gasteiger partial charge on any atom is -0.490 e. The number of thioether (sulfide) groups is 1. The molecule has 0 aliphatic heterocycles. The van der Waals surface area contributed by atoms with Crippen molar-refractivity contribution in [1.29, 1.82) is 0 Å². The third kappa shape index (κ3) is 6.84. The molecule has 0 heterocycles. The van der Waals surface area contributed by atoms with Gasteiger partial charge in [0.25, 0.3) is 0 Å². The van der Waals surface area contributed by atoms with Gasteiger partial charge in [-0.1, -0.05) is 26.0 Å². The fraction of sp³-hybridized carbons (Fsp3) is 0.350. The first-order chi connectivity index (χ1) is 13.0. The lowest BCUT2D eigenvalue weighted by atomic mass is 10.3. The summed E-state index contributed by atoms with van der Waals surface area (Å²) >= 11 is 1.14. The Kier molecular flexibility index (Phi) is 8.54. The van der Waals surface area contributed by atoms with Gasteiger partial charge in [-0.05, 0) is 43.4 Å². The van der Waals surface area contributed by atoms with Crippen molar-refractivity contribution in [1.82, 2.24) is 4.90 Å². The predicted molar refractivity (Wildman–Crippen MR) is 105 cm³/mol. The third-order valence-electron chi connectivity index (χ3n) is 3.98. The molecule has 2 aromatic rings. The number of carbonyl (C=O) groups excluding carboxylic acids is 1. The number of para-hydroxylation sites is 2. The quantitative estimate of drug-likeness (QED) is 0.606. The van der Waals surface area contributed by atoms with Gasteiger partial charge in [-0.3, -0.25) is 4.79 Å².